The molecule has 0 radical (unpaired) electrons. The highest BCUT2D eigenvalue weighted by atomic mass is 16.5. The molecule has 0 spiro atoms. The van der Waals surface area contributed by atoms with Gasteiger partial charge in [-0.3, -0.25) is 14.4 Å². The van der Waals surface area contributed by atoms with Crippen LogP contribution in [0.25, 0.3) is 0 Å². The SMILES string of the molecule is CC(=O)O[C@H](CC(=O)O)C(=O)N[C@H]1CCCC[C@H]1C. The van der Waals surface area contributed by atoms with Crippen molar-refractivity contribution >= 4 is 17.8 Å². The zero-order chi connectivity index (χ0) is 14.4. The van der Waals surface area contributed by atoms with Crippen molar-refractivity contribution in [3.05, 3.63) is 0 Å². The molecule has 1 fully saturated rings. The third-order valence-corrected chi connectivity index (χ3v) is 3.40. The van der Waals surface area contributed by atoms with Gasteiger partial charge in [0.1, 0.15) is 0 Å². The molecule has 0 aliphatic heterocycles. The number of carboxylic acid groups (broad SMARTS) is 1. The van der Waals surface area contributed by atoms with Crippen molar-refractivity contribution in [2.24, 2.45) is 5.92 Å². The highest BCUT2D eigenvalue weighted by Crippen LogP contribution is 2.23. The van der Waals surface area contributed by atoms with E-state index in [1.807, 2.05) is 0 Å². The molecule has 0 aromatic carbocycles. The summed E-state index contributed by atoms with van der Waals surface area (Å²) in [5, 5.41) is 11.5. The van der Waals surface area contributed by atoms with E-state index in [0.717, 1.165) is 32.6 Å². The standard InChI is InChI=1S/C13H21NO5/c1-8-5-3-4-6-10(8)14-13(18)11(7-12(16)17)19-9(2)15/h8,10-11H,3-7H2,1-2H3,(H,14,18)(H,16,17)/t8-,10+,11-/m1/s1. The Kier molecular flexibility index (Phi) is 5.79. The van der Waals surface area contributed by atoms with Crippen LogP contribution in [0.5, 0.6) is 0 Å². The lowest BCUT2D eigenvalue weighted by atomic mass is 9.86. The van der Waals surface area contributed by atoms with E-state index in [9.17, 15) is 14.4 Å². The number of rotatable bonds is 5. The van der Waals surface area contributed by atoms with Gasteiger partial charge in [-0.1, -0.05) is 19.8 Å². The van der Waals surface area contributed by atoms with Crippen molar-refractivity contribution in [3.63, 3.8) is 0 Å². The van der Waals surface area contributed by atoms with Gasteiger partial charge in [0.2, 0.25) is 0 Å². The van der Waals surface area contributed by atoms with E-state index in [1.54, 1.807) is 0 Å². The van der Waals surface area contributed by atoms with Crippen molar-refractivity contribution in [1.82, 2.24) is 5.32 Å². The molecule has 0 saturated heterocycles. The monoisotopic (exact) mass is 271 g/mol. The zero-order valence-corrected chi connectivity index (χ0v) is 11.3. The van der Waals surface area contributed by atoms with Crippen molar-refractivity contribution < 1.29 is 24.2 Å². The molecule has 1 rings (SSSR count). The van der Waals surface area contributed by atoms with E-state index in [-0.39, 0.29) is 6.04 Å². The molecule has 0 unspecified atom stereocenters. The van der Waals surface area contributed by atoms with Gasteiger partial charge in [-0.2, -0.15) is 0 Å². The Labute approximate surface area is 112 Å². The summed E-state index contributed by atoms with van der Waals surface area (Å²) in [7, 11) is 0. The summed E-state index contributed by atoms with van der Waals surface area (Å²) in [6.45, 7) is 3.22. The van der Waals surface area contributed by atoms with Crippen LogP contribution in [0.2, 0.25) is 0 Å². The number of aliphatic carboxylic acids is 1. The summed E-state index contributed by atoms with van der Waals surface area (Å²) in [4.78, 5) is 33.6. The average molecular weight is 271 g/mol. The van der Waals surface area contributed by atoms with Crippen LogP contribution in [-0.4, -0.2) is 35.1 Å². The van der Waals surface area contributed by atoms with E-state index in [4.69, 9.17) is 9.84 Å². The molecule has 2 N–H and O–H groups in total. The van der Waals surface area contributed by atoms with Gasteiger partial charge in [-0.15, -0.1) is 0 Å². The molecule has 0 bridgehead atoms. The van der Waals surface area contributed by atoms with E-state index >= 15 is 0 Å². The molecule has 6 heteroatoms. The first-order chi connectivity index (χ1) is 8.90. The van der Waals surface area contributed by atoms with Gasteiger partial charge in [0, 0.05) is 13.0 Å². The first-order valence-electron chi connectivity index (χ1n) is 6.59. The third-order valence-electron chi connectivity index (χ3n) is 3.40. The number of carbonyl (C=O) groups excluding carboxylic acids is 2. The summed E-state index contributed by atoms with van der Waals surface area (Å²) >= 11 is 0. The van der Waals surface area contributed by atoms with Crippen molar-refractivity contribution in [2.45, 2.75) is 58.1 Å². The second-order valence-electron chi connectivity index (χ2n) is 5.07. The van der Waals surface area contributed by atoms with Gasteiger partial charge in [-0.05, 0) is 18.8 Å². The molecule has 19 heavy (non-hydrogen) atoms. The molecule has 0 aromatic rings. The number of amides is 1. The van der Waals surface area contributed by atoms with Gasteiger partial charge in [0.05, 0.1) is 6.42 Å². The van der Waals surface area contributed by atoms with Crippen LogP contribution in [0.3, 0.4) is 0 Å². The van der Waals surface area contributed by atoms with Crippen LogP contribution in [0, 0.1) is 5.92 Å². The molecule has 1 aliphatic carbocycles. The number of carboxylic acids is 1. The maximum absolute atomic E-state index is 12.0. The summed E-state index contributed by atoms with van der Waals surface area (Å²) in [5.74, 6) is -1.98. The number of carbonyl (C=O) groups is 3. The maximum Gasteiger partial charge on any atom is 0.307 e. The minimum atomic E-state index is -1.25. The van der Waals surface area contributed by atoms with Gasteiger partial charge in [0.25, 0.3) is 5.91 Å². The Morgan fingerprint density at radius 3 is 2.47 bits per heavy atom. The molecule has 6 nitrogen and oxygen atoms in total. The molecular formula is C13H21NO5. The van der Waals surface area contributed by atoms with E-state index in [0.29, 0.717) is 5.92 Å². The largest absolute Gasteiger partial charge is 0.481 e. The Bertz CT molecular complexity index is 339. The van der Waals surface area contributed by atoms with Crippen molar-refractivity contribution in [1.29, 1.82) is 0 Å². The minimum Gasteiger partial charge on any atom is -0.481 e. The molecule has 1 saturated carbocycles. The van der Waals surface area contributed by atoms with Crippen LogP contribution < -0.4 is 5.32 Å². The lowest BCUT2D eigenvalue weighted by Crippen LogP contribution is -2.47. The Balaban J connectivity index is 2.59. The quantitative estimate of drug-likeness (QED) is 0.730. The Hall–Kier alpha value is -1.59. The highest BCUT2D eigenvalue weighted by Gasteiger charge is 2.29. The first kappa shape index (κ1) is 15.5. The molecule has 3 atom stereocenters. The van der Waals surface area contributed by atoms with Crippen LogP contribution >= 0.6 is 0 Å². The van der Waals surface area contributed by atoms with Crippen LogP contribution in [-0.2, 0) is 19.1 Å². The van der Waals surface area contributed by atoms with E-state index in [2.05, 4.69) is 12.2 Å². The molecular weight excluding hydrogens is 250 g/mol. The number of nitrogens with one attached hydrogen (secondary N) is 1. The zero-order valence-electron chi connectivity index (χ0n) is 11.3. The predicted octanol–water partition coefficient (Wildman–Crippen LogP) is 1.09. The minimum absolute atomic E-state index is 0.0353. The summed E-state index contributed by atoms with van der Waals surface area (Å²) in [6, 6.07) is 0.0353. The summed E-state index contributed by atoms with van der Waals surface area (Å²) < 4.78 is 4.77. The summed E-state index contributed by atoms with van der Waals surface area (Å²) in [5.41, 5.74) is 0. The first-order valence-corrected chi connectivity index (χ1v) is 6.59. The fourth-order valence-electron chi connectivity index (χ4n) is 2.35. The number of hydrogen-bond acceptors (Lipinski definition) is 4. The maximum atomic E-state index is 12.0. The number of ether oxygens (including phenoxy) is 1. The number of esters is 1. The Morgan fingerprint density at radius 1 is 1.32 bits per heavy atom. The molecule has 1 aliphatic rings. The molecule has 108 valence electrons. The van der Waals surface area contributed by atoms with Crippen LogP contribution in [0.1, 0.15) is 46.0 Å². The van der Waals surface area contributed by atoms with Gasteiger partial charge in [0.15, 0.2) is 6.10 Å². The van der Waals surface area contributed by atoms with E-state index < -0.39 is 30.4 Å². The van der Waals surface area contributed by atoms with Crippen LogP contribution in [0.4, 0.5) is 0 Å². The fraction of sp³-hybridized carbons (Fsp3) is 0.769. The smallest absolute Gasteiger partial charge is 0.307 e. The van der Waals surface area contributed by atoms with Crippen molar-refractivity contribution in [3.8, 4) is 0 Å². The Morgan fingerprint density at radius 2 is 1.95 bits per heavy atom. The third kappa shape index (κ3) is 5.28. The second-order valence-corrected chi connectivity index (χ2v) is 5.07. The van der Waals surface area contributed by atoms with Crippen LogP contribution in [0.15, 0.2) is 0 Å². The molecule has 0 aromatic heterocycles. The summed E-state index contributed by atoms with van der Waals surface area (Å²) in [6.07, 6.45) is 2.37. The lowest BCUT2D eigenvalue weighted by Gasteiger charge is -2.30. The van der Waals surface area contributed by atoms with Gasteiger partial charge in [-0.25, -0.2) is 0 Å². The topological polar surface area (TPSA) is 92.7 Å². The van der Waals surface area contributed by atoms with Gasteiger partial charge >= 0.3 is 11.9 Å². The van der Waals surface area contributed by atoms with Gasteiger partial charge < -0.3 is 15.2 Å². The molecule has 1 amide bonds. The highest BCUT2D eigenvalue weighted by molar-refractivity contribution is 5.87. The number of hydrogen-bond donors (Lipinski definition) is 2. The van der Waals surface area contributed by atoms with Crippen molar-refractivity contribution in [2.75, 3.05) is 0 Å². The average Bonchev–Trinajstić information content (AvgIpc) is 2.30. The predicted molar refractivity (Wildman–Crippen MR) is 67.4 cm³/mol. The lowest BCUT2D eigenvalue weighted by molar-refractivity contribution is -0.158. The fourth-order valence-corrected chi connectivity index (χ4v) is 2.35. The normalized spacial score (nSPS) is 24.3. The molecule has 0 heterocycles. The van der Waals surface area contributed by atoms with E-state index in [1.165, 1.54) is 0 Å². The second kappa shape index (κ2) is 7.11.